The average Bonchev–Trinajstić information content (AvgIpc) is 2.76. The van der Waals surface area contributed by atoms with Gasteiger partial charge in [0.1, 0.15) is 5.65 Å². The van der Waals surface area contributed by atoms with Gasteiger partial charge in [0.05, 0.1) is 5.69 Å². The predicted molar refractivity (Wildman–Crippen MR) is 89.0 cm³/mol. The Morgan fingerprint density at radius 1 is 0.810 bits per heavy atom. The van der Waals surface area contributed by atoms with Crippen LogP contribution < -0.4 is 0 Å². The Bertz CT molecular complexity index is 610. The van der Waals surface area contributed by atoms with E-state index in [1.165, 1.54) is 80.4 Å². The van der Waals surface area contributed by atoms with Crippen LogP contribution in [-0.4, -0.2) is 9.38 Å². The van der Waals surface area contributed by atoms with E-state index in [9.17, 15) is 0 Å². The average molecular weight is 284 g/mol. The molecule has 0 fully saturated rings. The van der Waals surface area contributed by atoms with Crippen LogP contribution in [0.4, 0.5) is 0 Å². The van der Waals surface area contributed by atoms with Crippen LogP contribution in [0, 0.1) is 13.8 Å². The van der Waals surface area contributed by atoms with Crippen LogP contribution >= 0.6 is 0 Å². The fourth-order valence-electron chi connectivity index (χ4n) is 3.75. The second kappa shape index (κ2) is 6.64. The molecule has 1 aliphatic carbocycles. The number of nitrogens with zero attached hydrogens (tertiary/aromatic N) is 2. The van der Waals surface area contributed by atoms with Gasteiger partial charge in [0.25, 0.3) is 0 Å². The van der Waals surface area contributed by atoms with Gasteiger partial charge in [-0.3, -0.25) is 0 Å². The van der Waals surface area contributed by atoms with Gasteiger partial charge in [-0.2, -0.15) is 0 Å². The quantitative estimate of drug-likeness (QED) is 0.652. The van der Waals surface area contributed by atoms with Crippen LogP contribution in [-0.2, 0) is 12.8 Å². The molecule has 2 nitrogen and oxygen atoms in total. The molecule has 114 valence electrons. The van der Waals surface area contributed by atoms with Gasteiger partial charge in [0, 0.05) is 11.4 Å². The Labute approximate surface area is 128 Å². The molecule has 0 radical (unpaired) electrons. The maximum atomic E-state index is 4.97. The molecule has 2 heterocycles. The van der Waals surface area contributed by atoms with Crippen LogP contribution in [0.1, 0.15) is 74.0 Å². The second-order valence-electron chi connectivity index (χ2n) is 6.70. The molecule has 1 aliphatic rings. The van der Waals surface area contributed by atoms with Gasteiger partial charge in [-0.15, -0.1) is 0 Å². The summed E-state index contributed by atoms with van der Waals surface area (Å²) < 4.78 is 2.41. The molecular formula is C19H28N2. The maximum absolute atomic E-state index is 4.97. The zero-order valence-corrected chi connectivity index (χ0v) is 13.6. The van der Waals surface area contributed by atoms with Crippen molar-refractivity contribution in [2.75, 3.05) is 0 Å². The molecule has 0 bridgehead atoms. The van der Waals surface area contributed by atoms with Gasteiger partial charge in [0.15, 0.2) is 0 Å². The van der Waals surface area contributed by atoms with Crippen molar-refractivity contribution in [1.82, 2.24) is 9.38 Å². The van der Waals surface area contributed by atoms with Gasteiger partial charge >= 0.3 is 0 Å². The molecule has 3 rings (SSSR count). The van der Waals surface area contributed by atoms with E-state index in [4.69, 9.17) is 4.98 Å². The van der Waals surface area contributed by atoms with Gasteiger partial charge in [-0.05, 0) is 57.2 Å². The lowest BCUT2D eigenvalue weighted by Gasteiger charge is -2.10. The standard InChI is InChI=1S/C19H28N2/c1-15-13-16(2)21-18-12-10-8-6-4-3-5-7-9-11-17(18)20-19(21)14-15/h13-14H,3-12H2,1-2H3. The minimum Gasteiger partial charge on any atom is -0.301 e. The Balaban J connectivity index is 1.97. The van der Waals surface area contributed by atoms with E-state index in [2.05, 4.69) is 30.4 Å². The van der Waals surface area contributed by atoms with Gasteiger partial charge in [-0.1, -0.05) is 38.5 Å². The maximum Gasteiger partial charge on any atom is 0.137 e. The van der Waals surface area contributed by atoms with Gasteiger partial charge in [-0.25, -0.2) is 4.98 Å². The van der Waals surface area contributed by atoms with E-state index in [0.29, 0.717) is 0 Å². The second-order valence-corrected chi connectivity index (χ2v) is 6.70. The third-order valence-electron chi connectivity index (χ3n) is 4.80. The molecule has 0 saturated carbocycles. The number of fused-ring (bicyclic) bond motifs is 3. The molecule has 2 aromatic heterocycles. The summed E-state index contributed by atoms with van der Waals surface area (Å²) in [6, 6.07) is 4.52. The first-order chi connectivity index (χ1) is 10.3. The summed E-state index contributed by atoms with van der Waals surface area (Å²) in [5.74, 6) is 0. The number of hydrogen-bond donors (Lipinski definition) is 0. The van der Waals surface area contributed by atoms with Crippen molar-refractivity contribution in [2.45, 2.75) is 78.1 Å². The lowest BCUT2D eigenvalue weighted by Crippen LogP contribution is -2.01. The van der Waals surface area contributed by atoms with Gasteiger partial charge in [0.2, 0.25) is 0 Å². The minimum absolute atomic E-state index is 1.16. The Kier molecular flexibility index (Phi) is 4.62. The summed E-state index contributed by atoms with van der Waals surface area (Å²) in [5, 5.41) is 0. The number of aryl methyl sites for hydroxylation is 4. The minimum atomic E-state index is 1.16. The number of aromatic nitrogens is 2. The van der Waals surface area contributed by atoms with E-state index in [1.54, 1.807) is 0 Å². The van der Waals surface area contributed by atoms with Crippen molar-refractivity contribution in [3.8, 4) is 0 Å². The summed E-state index contributed by atoms with van der Waals surface area (Å²) in [4.78, 5) is 4.97. The van der Waals surface area contributed by atoms with Crippen LogP contribution in [0.5, 0.6) is 0 Å². The van der Waals surface area contributed by atoms with E-state index in [0.717, 1.165) is 12.1 Å². The number of imidazole rings is 1. The highest BCUT2D eigenvalue weighted by Gasteiger charge is 2.14. The van der Waals surface area contributed by atoms with E-state index >= 15 is 0 Å². The van der Waals surface area contributed by atoms with E-state index in [-0.39, 0.29) is 0 Å². The fraction of sp³-hybridized carbons (Fsp3) is 0.632. The SMILES string of the molecule is Cc1cc(C)n2c3c(nc2c1)CCCCCCCCCC3. The first kappa shape index (κ1) is 14.6. The van der Waals surface area contributed by atoms with Crippen molar-refractivity contribution >= 4 is 5.65 Å². The summed E-state index contributed by atoms with van der Waals surface area (Å²) in [7, 11) is 0. The summed E-state index contributed by atoms with van der Waals surface area (Å²) in [6.45, 7) is 4.39. The smallest absolute Gasteiger partial charge is 0.137 e. The first-order valence-corrected chi connectivity index (χ1v) is 8.73. The van der Waals surface area contributed by atoms with Gasteiger partial charge < -0.3 is 4.40 Å². The summed E-state index contributed by atoms with van der Waals surface area (Å²) in [5.41, 5.74) is 6.67. The molecule has 0 aromatic carbocycles. The van der Waals surface area contributed by atoms with Crippen LogP contribution in [0.25, 0.3) is 5.65 Å². The largest absolute Gasteiger partial charge is 0.301 e. The predicted octanol–water partition coefficient (Wildman–Crippen LogP) is 5.17. The Hall–Kier alpha value is -1.31. The third-order valence-corrected chi connectivity index (χ3v) is 4.80. The van der Waals surface area contributed by atoms with E-state index < -0.39 is 0 Å². The molecule has 0 atom stereocenters. The van der Waals surface area contributed by atoms with Crippen molar-refractivity contribution in [1.29, 1.82) is 0 Å². The number of pyridine rings is 1. The van der Waals surface area contributed by atoms with Crippen molar-refractivity contribution in [3.63, 3.8) is 0 Å². The molecular weight excluding hydrogens is 256 g/mol. The zero-order chi connectivity index (χ0) is 14.7. The molecule has 0 spiro atoms. The molecule has 0 amide bonds. The third kappa shape index (κ3) is 3.30. The van der Waals surface area contributed by atoms with Crippen molar-refractivity contribution < 1.29 is 0 Å². The first-order valence-electron chi connectivity index (χ1n) is 8.73. The zero-order valence-electron chi connectivity index (χ0n) is 13.6. The lowest BCUT2D eigenvalue weighted by atomic mass is 10.0. The summed E-state index contributed by atoms with van der Waals surface area (Å²) >= 11 is 0. The highest BCUT2D eigenvalue weighted by atomic mass is 15.0. The Morgan fingerprint density at radius 3 is 2.14 bits per heavy atom. The van der Waals surface area contributed by atoms with E-state index in [1.807, 2.05) is 0 Å². The topological polar surface area (TPSA) is 17.3 Å². The van der Waals surface area contributed by atoms with Crippen molar-refractivity contribution in [3.05, 3.63) is 34.8 Å². The number of hydrogen-bond acceptors (Lipinski definition) is 1. The van der Waals surface area contributed by atoms with Crippen molar-refractivity contribution in [2.24, 2.45) is 0 Å². The molecule has 0 unspecified atom stereocenters. The fourth-order valence-corrected chi connectivity index (χ4v) is 3.75. The molecule has 0 saturated heterocycles. The monoisotopic (exact) mass is 284 g/mol. The molecule has 0 aliphatic heterocycles. The van der Waals surface area contributed by atoms with Crippen LogP contribution in [0.2, 0.25) is 0 Å². The van der Waals surface area contributed by atoms with Crippen LogP contribution in [0.3, 0.4) is 0 Å². The Morgan fingerprint density at radius 2 is 1.43 bits per heavy atom. The lowest BCUT2D eigenvalue weighted by molar-refractivity contribution is 0.555. The highest BCUT2D eigenvalue weighted by molar-refractivity contribution is 5.48. The molecule has 2 aromatic rings. The summed E-state index contributed by atoms with van der Waals surface area (Å²) in [6.07, 6.45) is 13.4. The molecule has 0 N–H and O–H groups in total. The normalized spacial score (nSPS) is 18.0. The molecule has 21 heavy (non-hydrogen) atoms. The van der Waals surface area contributed by atoms with Crippen LogP contribution in [0.15, 0.2) is 12.1 Å². The highest BCUT2D eigenvalue weighted by Crippen LogP contribution is 2.22. The number of rotatable bonds is 0. The molecule has 2 heteroatoms.